The molecule has 2 aromatic carbocycles. The maximum absolute atomic E-state index is 13.0. The minimum atomic E-state index is -4.45. The van der Waals surface area contributed by atoms with Crippen molar-refractivity contribution in [3.8, 4) is 16.9 Å². The molecule has 1 aliphatic rings. The van der Waals surface area contributed by atoms with Crippen LogP contribution in [0.2, 0.25) is 5.02 Å². The quantitative estimate of drug-likeness (QED) is 0.481. The number of urea groups is 1. The van der Waals surface area contributed by atoms with E-state index in [9.17, 15) is 18.0 Å². The Labute approximate surface area is 194 Å². The number of rotatable bonds is 3. The molecule has 10 heteroatoms. The van der Waals surface area contributed by atoms with Crippen molar-refractivity contribution in [2.24, 2.45) is 5.92 Å². The topological polar surface area (TPSA) is 76.2 Å². The number of benzene rings is 2. The Kier molecular flexibility index (Phi) is 6.25. The average molecular weight is 478 g/mol. The highest BCUT2D eigenvalue weighted by molar-refractivity contribution is 6.30. The number of alkyl halides is 3. The fourth-order valence-corrected chi connectivity index (χ4v) is 3.88. The zero-order valence-corrected chi connectivity index (χ0v) is 18.6. The van der Waals surface area contributed by atoms with Crippen LogP contribution in [0.4, 0.5) is 29.5 Å². The highest BCUT2D eigenvalue weighted by Gasteiger charge is 2.30. The van der Waals surface area contributed by atoms with Crippen LogP contribution < -0.4 is 11.1 Å². The Morgan fingerprint density at radius 2 is 1.70 bits per heavy atom. The van der Waals surface area contributed by atoms with Crippen molar-refractivity contribution >= 4 is 29.1 Å². The first-order valence-corrected chi connectivity index (χ1v) is 10.9. The minimum Gasteiger partial charge on any atom is -0.382 e. The molecule has 1 fully saturated rings. The number of piperidine rings is 1. The molecule has 0 aliphatic carbocycles. The molecule has 0 atom stereocenters. The van der Waals surface area contributed by atoms with E-state index >= 15 is 0 Å². The molecule has 0 bridgehead atoms. The lowest BCUT2D eigenvalue weighted by atomic mass is 10.00. The molecule has 33 heavy (non-hydrogen) atoms. The predicted octanol–water partition coefficient (Wildman–Crippen LogP) is 6.06. The molecule has 1 aliphatic heterocycles. The van der Waals surface area contributed by atoms with Crippen molar-refractivity contribution in [1.29, 1.82) is 0 Å². The van der Waals surface area contributed by atoms with Crippen molar-refractivity contribution in [3.63, 3.8) is 0 Å². The van der Waals surface area contributed by atoms with Crippen molar-refractivity contribution in [1.82, 2.24) is 14.7 Å². The van der Waals surface area contributed by atoms with Gasteiger partial charge in [-0.05, 0) is 55.2 Å². The summed E-state index contributed by atoms with van der Waals surface area (Å²) in [5.74, 6) is 0.671. The molecule has 0 saturated carbocycles. The van der Waals surface area contributed by atoms with Crippen molar-refractivity contribution < 1.29 is 18.0 Å². The fraction of sp³-hybridized carbons (Fsp3) is 0.304. The van der Waals surface area contributed by atoms with Gasteiger partial charge >= 0.3 is 12.2 Å². The van der Waals surface area contributed by atoms with E-state index in [1.54, 1.807) is 29.2 Å². The largest absolute Gasteiger partial charge is 0.416 e. The standard InChI is InChI=1S/C23H23ClF3N5O/c1-14-10-12-31(13-11-14)22(33)29-20-19(15-2-6-17(24)7-3-15)30-32(21(20)28)18-8-4-16(5-9-18)23(25,26)27/h2-9,14H,10-13,28H2,1H3,(H,29,33). The van der Waals surface area contributed by atoms with Crippen LogP contribution >= 0.6 is 11.6 Å². The number of hydrogen-bond acceptors (Lipinski definition) is 3. The van der Waals surface area contributed by atoms with Gasteiger partial charge in [-0.25, -0.2) is 9.48 Å². The van der Waals surface area contributed by atoms with Gasteiger partial charge in [0.1, 0.15) is 11.4 Å². The first kappa shape index (κ1) is 23.0. The molecule has 1 saturated heterocycles. The molecule has 0 spiro atoms. The second-order valence-corrected chi connectivity index (χ2v) is 8.61. The molecule has 0 unspecified atom stereocenters. The second-order valence-electron chi connectivity index (χ2n) is 8.17. The number of hydrogen-bond donors (Lipinski definition) is 2. The Bertz CT molecular complexity index is 1130. The van der Waals surface area contributed by atoms with Gasteiger partial charge in [-0.2, -0.15) is 18.3 Å². The summed E-state index contributed by atoms with van der Waals surface area (Å²) in [7, 11) is 0. The van der Waals surface area contributed by atoms with Gasteiger partial charge in [0.15, 0.2) is 5.82 Å². The fourth-order valence-electron chi connectivity index (χ4n) is 3.75. The van der Waals surface area contributed by atoms with E-state index in [2.05, 4.69) is 17.3 Å². The van der Waals surface area contributed by atoms with Gasteiger partial charge < -0.3 is 16.0 Å². The number of nitrogens with zero attached hydrogens (tertiary/aromatic N) is 3. The van der Waals surface area contributed by atoms with E-state index in [1.165, 1.54) is 16.8 Å². The van der Waals surface area contributed by atoms with Gasteiger partial charge in [-0.3, -0.25) is 0 Å². The highest BCUT2D eigenvalue weighted by atomic mass is 35.5. The average Bonchev–Trinajstić information content (AvgIpc) is 3.10. The van der Waals surface area contributed by atoms with Crippen molar-refractivity contribution in [2.45, 2.75) is 25.9 Å². The van der Waals surface area contributed by atoms with Crippen LogP contribution in [-0.2, 0) is 6.18 Å². The summed E-state index contributed by atoms with van der Waals surface area (Å²) < 4.78 is 40.2. The van der Waals surface area contributed by atoms with E-state index < -0.39 is 11.7 Å². The molecule has 0 radical (unpaired) electrons. The normalized spacial score (nSPS) is 15.0. The number of carbonyl (C=O) groups excluding carboxylic acids is 1. The summed E-state index contributed by atoms with van der Waals surface area (Å²) in [5, 5.41) is 7.91. The van der Waals surface area contributed by atoms with Gasteiger partial charge in [-0.1, -0.05) is 30.7 Å². The SMILES string of the molecule is CC1CCN(C(=O)Nc2c(-c3ccc(Cl)cc3)nn(-c3ccc(C(F)(F)F)cc3)c2N)CC1. The summed E-state index contributed by atoms with van der Waals surface area (Å²) >= 11 is 6.00. The molecule has 3 aromatic rings. The van der Waals surface area contributed by atoms with Crippen molar-refractivity contribution in [2.75, 3.05) is 24.1 Å². The first-order valence-electron chi connectivity index (χ1n) is 10.5. The number of likely N-dealkylation sites (tertiary alicyclic amines) is 1. The summed E-state index contributed by atoms with van der Waals surface area (Å²) in [5.41, 5.74) is 7.24. The van der Waals surface area contributed by atoms with Crippen LogP contribution in [0.25, 0.3) is 16.9 Å². The lowest BCUT2D eigenvalue weighted by Crippen LogP contribution is -2.40. The van der Waals surface area contributed by atoms with Crippen molar-refractivity contribution in [3.05, 3.63) is 59.1 Å². The van der Waals surface area contributed by atoms with Crippen LogP contribution in [-0.4, -0.2) is 33.8 Å². The van der Waals surface area contributed by atoms with Crippen LogP contribution in [0, 0.1) is 5.92 Å². The second kappa shape index (κ2) is 8.97. The van der Waals surface area contributed by atoms with Gasteiger partial charge in [0.05, 0.1) is 11.3 Å². The van der Waals surface area contributed by atoms with Gasteiger partial charge in [0, 0.05) is 23.7 Å². The number of nitrogens with one attached hydrogen (secondary N) is 1. The van der Waals surface area contributed by atoms with Crippen LogP contribution in [0.3, 0.4) is 0 Å². The lowest BCUT2D eigenvalue weighted by molar-refractivity contribution is -0.137. The smallest absolute Gasteiger partial charge is 0.382 e. The highest BCUT2D eigenvalue weighted by Crippen LogP contribution is 2.36. The monoisotopic (exact) mass is 477 g/mol. The number of amides is 2. The zero-order valence-electron chi connectivity index (χ0n) is 17.9. The van der Waals surface area contributed by atoms with Gasteiger partial charge in [0.25, 0.3) is 0 Å². The molecule has 3 N–H and O–H groups in total. The zero-order chi connectivity index (χ0) is 23.8. The van der Waals surface area contributed by atoms with E-state index in [0.29, 0.717) is 46.7 Å². The Hall–Kier alpha value is -3.20. The van der Waals surface area contributed by atoms with E-state index in [-0.39, 0.29) is 11.8 Å². The third kappa shape index (κ3) is 4.93. The summed E-state index contributed by atoms with van der Waals surface area (Å²) in [6.45, 7) is 3.42. The Morgan fingerprint density at radius 1 is 1.09 bits per heavy atom. The molecule has 1 aromatic heterocycles. The minimum absolute atomic E-state index is 0.110. The lowest BCUT2D eigenvalue weighted by Gasteiger charge is -2.30. The Balaban J connectivity index is 1.72. The van der Waals surface area contributed by atoms with Crippen LogP contribution in [0.1, 0.15) is 25.3 Å². The first-order chi connectivity index (χ1) is 15.6. The maximum atomic E-state index is 13.0. The third-order valence-electron chi connectivity index (χ3n) is 5.78. The molecule has 2 heterocycles. The number of nitrogen functional groups attached to an aromatic ring is 1. The maximum Gasteiger partial charge on any atom is 0.416 e. The third-order valence-corrected chi connectivity index (χ3v) is 6.03. The van der Waals surface area contributed by atoms with Crippen LogP contribution in [0.15, 0.2) is 48.5 Å². The molecule has 174 valence electrons. The molecular weight excluding hydrogens is 455 g/mol. The molecule has 6 nitrogen and oxygen atoms in total. The predicted molar refractivity (Wildman–Crippen MR) is 122 cm³/mol. The van der Waals surface area contributed by atoms with Crippen LogP contribution in [0.5, 0.6) is 0 Å². The summed E-state index contributed by atoms with van der Waals surface area (Å²) in [6, 6.07) is 11.0. The Morgan fingerprint density at radius 3 is 2.27 bits per heavy atom. The van der Waals surface area contributed by atoms with E-state index in [0.717, 1.165) is 25.0 Å². The van der Waals surface area contributed by atoms with E-state index in [4.69, 9.17) is 17.3 Å². The molecular formula is C23H23ClF3N5O. The summed E-state index contributed by atoms with van der Waals surface area (Å²) in [4.78, 5) is 14.7. The number of halogens is 4. The molecule has 2 amide bonds. The molecule has 4 rings (SSSR count). The number of carbonyl (C=O) groups is 1. The number of aromatic nitrogens is 2. The summed E-state index contributed by atoms with van der Waals surface area (Å²) in [6.07, 6.45) is -2.62. The van der Waals surface area contributed by atoms with Gasteiger partial charge in [-0.15, -0.1) is 0 Å². The van der Waals surface area contributed by atoms with E-state index in [1.807, 2.05) is 0 Å². The van der Waals surface area contributed by atoms with Gasteiger partial charge in [0.2, 0.25) is 0 Å². The number of anilines is 2. The number of nitrogens with two attached hydrogens (primary N) is 1.